The molecule has 0 aliphatic carbocycles. The van der Waals surface area contributed by atoms with Crippen LogP contribution in [0.15, 0.2) is 23.3 Å². The molecule has 0 saturated heterocycles. The molecule has 0 bridgehead atoms. The zero-order valence-electron chi connectivity index (χ0n) is 12.7. The van der Waals surface area contributed by atoms with Gasteiger partial charge in [0.05, 0.1) is 19.3 Å². The molecule has 124 valence electrons. The first-order valence-corrected chi connectivity index (χ1v) is 6.60. The number of ether oxygens (including phenoxy) is 1. The smallest absolute Gasteiger partial charge is 0.433 e. The van der Waals surface area contributed by atoms with E-state index in [0.29, 0.717) is 11.3 Å². The highest BCUT2D eigenvalue weighted by Crippen LogP contribution is 2.28. The number of methoxy groups -OCH3 is 1. The summed E-state index contributed by atoms with van der Waals surface area (Å²) in [5, 5.41) is 0. The lowest BCUT2D eigenvalue weighted by Gasteiger charge is -2.18. The SMILES string of the molecule is COc1c(C)[nH]cc(CN(C)c2nccc(C(F)(F)F)n2)c1=O. The molecule has 0 aromatic carbocycles. The van der Waals surface area contributed by atoms with Gasteiger partial charge in [-0.1, -0.05) is 0 Å². The molecule has 2 aromatic heterocycles. The van der Waals surface area contributed by atoms with E-state index in [2.05, 4.69) is 15.0 Å². The van der Waals surface area contributed by atoms with Crippen LogP contribution in [-0.4, -0.2) is 29.1 Å². The maximum atomic E-state index is 12.7. The number of aromatic amines is 1. The molecule has 0 aliphatic heterocycles. The summed E-state index contributed by atoms with van der Waals surface area (Å²) in [5.41, 5.74) is -0.470. The Morgan fingerprint density at radius 1 is 1.39 bits per heavy atom. The van der Waals surface area contributed by atoms with Crippen molar-refractivity contribution >= 4 is 5.95 Å². The summed E-state index contributed by atoms with van der Waals surface area (Å²) < 4.78 is 43.1. The Hall–Kier alpha value is -2.58. The molecule has 23 heavy (non-hydrogen) atoms. The molecule has 0 unspecified atom stereocenters. The first-order valence-electron chi connectivity index (χ1n) is 6.60. The number of alkyl halides is 3. The predicted octanol–water partition coefficient (Wildman–Crippen LogP) is 2.14. The highest BCUT2D eigenvalue weighted by atomic mass is 19.4. The fraction of sp³-hybridized carbons (Fsp3) is 0.357. The van der Waals surface area contributed by atoms with E-state index in [0.717, 1.165) is 12.3 Å². The van der Waals surface area contributed by atoms with Crippen molar-refractivity contribution in [3.8, 4) is 5.75 Å². The van der Waals surface area contributed by atoms with Crippen molar-refractivity contribution in [3.63, 3.8) is 0 Å². The lowest BCUT2D eigenvalue weighted by Crippen LogP contribution is -2.25. The number of anilines is 1. The second kappa shape index (κ2) is 6.27. The Labute approximate surface area is 130 Å². The highest BCUT2D eigenvalue weighted by Gasteiger charge is 2.33. The molecule has 2 heterocycles. The van der Waals surface area contributed by atoms with E-state index in [1.807, 2.05) is 0 Å². The van der Waals surface area contributed by atoms with Gasteiger partial charge in [0.2, 0.25) is 11.4 Å². The maximum Gasteiger partial charge on any atom is 0.433 e. The molecule has 1 N–H and O–H groups in total. The van der Waals surface area contributed by atoms with Crippen molar-refractivity contribution in [1.29, 1.82) is 0 Å². The van der Waals surface area contributed by atoms with Crippen molar-refractivity contribution < 1.29 is 17.9 Å². The quantitative estimate of drug-likeness (QED) is 0.931. The summed E-state index contributed by atoms with van der Waals surface area (Å²) in [6, 6.07) is 0.791. The van der Waals surface area contributed by atoms with Gasteiger partial charge in [0.1, 0.15) is 5.69 Å². The Kier molecular flexibility index (Phi) is 4.57. The van der Waals surface area contributed by atoms with Gasteiger partial charge in [-0.15, -0.1) is 0 Å². The van der Waals surface area contributed by atoms with Crippen LogP contribution in [0.3, 0.4) is 0 Å². The van der Waals surface area contributed by atoms with E-state index in [9.17, 15) is 18.0 Å². The molecule has 0 fully saturated rings. The normalized spacial score (nSPS) is 11.4. The van der Waals surface area contributed by atoms with Crippen molar-refractivity contribution in [1.82, 2.24) is 15.0 Å². The lowest BCUT2D eigenvalue weighted by molar-refractivity contribution is -0.141. The molecule has 0 radical (unpaired) electrons. The molecule has 0 saturated carbocycles. The summed E-state index contributed by atoms with van der Waals surface area (Å²) in [4.78, 5) is 23.7. The fourth-order valence-corrected chi connectivity index (χ4v) is 2.02. The van der Waals surface area contributed by atoms with Crippen LogP contribution < -0.4 is 15.1 Å². The van der Waals surface area contributed by atoms with Gasteiger partial charge < -0.3 is 14.6 Å². The first kappa shape index (κ1) is 16.8. The second-order valence-corrected chi connectivity index (χ2v) is 4.90. The third-order valence-corrected chi connectivity index (χ3v) is 3.19. The minimum atomic E-state index is -4.55. The highest BCUT2D eigenvalue weighted by molar-refractivity contribution is 5.35. The predicted molar refractivity (Wildman–Crippen MR) is 77.5 cm³/mol. The molecular weight excluding hydrogens is 313 g/mol. The average Bonchev–Trinajstić information content (AvgIpc) is 2.50. The summed E-state index contributed by atoms with van der Waals surface area (Å²) in [7, 11) is 2.88. The van der Waals surface area contributed by atoms with Crippen molar-refractivity contribution in [3.05, 3.63) is 45.6 Å². The van der Waals surface area contributed by atoms with Crippen LogP contribution in [0, 0.1) is 6.92 Å². The van der Waals surface area contributed by atoms with Crippen molar-refractivity contribution in [2.24, 2.45) is 0 Å². The van der Waals surface area contributed by atoms with Crippen LogP contribution in [0.2, 0.25) is 0 Å². The van der Waals surface area contributed by atoms with Crippen LogP contribution in [0.25, 0.3) is 0 Å². The molecule has 2 aromatic rings. The van der Waals surface area contributed by atoms with E-state index in [1.54, 1.807) is 6.92 Å². The van der Waals surface area contributed by atoms with Gasteiger partial charge in [-0.25, -0.2) is 9.97 Å². The Morgan fingerprint density at radius 3 is 2.70 bits per heavy atom. The average molecular weight is 328 g/mol. The minimum absolute atomic E-state index is 0.0350. The van der Waals surface area contributed by atoms with Crippen LogP contribution in [-0.2, 0) is 12.7 Å². The second-order valence-electron chi connectivity index (χ2n) is 4.90. The maximum absolute atomic E-state index is 12.7. The minimum Gasteiger partial charge on any atom is -0.491 e. The van der Waals surface area contributed by atoms with Gasteiger partial charge in [0, 0.05) is 25.0 Å². The number of H-pyrrole nitrogens is 1. The van der Waals surface area contributed by atoms with E-state index in [1.165, 1.54) is 25.3 Å². The van der Waals surface area contributed by atoms with Crippen molar-refractivity contribution in [2.75, 3.05) is 19.1 Å². The van der Waals surface area contributed by atoms with Crippen molar-refractivity contribution in [2.45, 2.75) is 19.6 Å². The number of rotatable bonds is 4. The summed E-state index contributed by atoms with van der Waals surface area (Å²) >= 11 is 0. The zero-order valence-corrected chi connectivity index (χ0v) is 12.7. The molecule has 0 amide bonds. The van der Waals surface area contributed by atoms with Crippen LogP contribution in [0.1, 0.15) is 17.0 Å². The molecule has 2 rings (SSSR count). The zero-order chi connectivity index (χ0) is 17.2. The third kappa shape index (κ3) is 3.61. The van der Waals surface area contributed by atoms with Gasteiger partial charge in [0.25, 0.3) is 0 Å². The number of halogens is 3. The molecule has 9 heteroatoms. The largest absolute Gasteiger partial charge is 0.491 e. The number of pyridine rings is 1. The van der Waals surface area contributed by atoms with E-state index < -0.39 is 11.9 Å². The van der Waals surface area contributed by atoms with Crippen LogP contribution in [0.5, 0.6) is 5.75 Å². The number of aromatic nitrogens is 3. The molecule has 0 aliphatic rings. The summed E-state index contributed by atoms with van der Waals surface area (Å²) in [5.74, 6) is 0.0413. The van der Waals surface area contributed by atoms with E-state index in [4.69, 9.17) is 4.74 Å². The third-order valence-electron chi connectivity index (χ3n) is 3.19. The van der Waals surface area contributed by atoms with Crippen LogP contribution >= 0.6 is 0 Å². The van der Waals surface area contributed by atoms with Crippen LogP contribution in [0.4, 0.5) is 19.1 Å². The number of hydrogen-bond donors (Lipinski definition) is 1. The Bertz CT molecular complexity index is 758. The molecule has 0 spiro atoms. The van der Waals surface area contributed by atoms with E-state index in [-0.39, 0.29) is 23.7 Å². The number of aryl methyl sites for hydroxylation is 1. The summed E-state index contributed by atoms with van der Waals surface area (Å²) in [6.07, 6.45) is -2.03. The number of nitrogens with one attached hydrogen (secondary N) is 1. The van der Waals surface area contributed by atoms with Gasteiger partial charge in [0.15, 0.2) is 5.75 Å². The first-order chi connectivity index (χ1) is 10.7. The lowest BCUT2D eigenvalue weighted by atomic mass is 10.2. The Morgan fingerprint density at radius 2 is 2.09 bits per heavy atom. The number of hydrogen-bond acceptors (Lipinski definition) is 5. The molecular formula is C14H15F3N4O2. The topological polar surface area (TPSA) is 71.1 Å². The fourth-order valence-electron chi connectivity index (χ4n) is 2.02. The van der Waals surface area contributed by atoms with Gasteiger partial charge >= 0.3 is 6.18 Å². The van der Waals surface area contributed by atoms with Gasteiger partial charge in [-0.2, -0.15) is 13.2 Å². The van der Waals surface area contributed by atoms with E-state index >= 15 is 0 Å². The standard InChI is InChI=1S/C14H15F3N4O2/c1-8-12(23-3)11(22)9(6-19-8)7-21(2)13-18-5-4-10(20-13)14(15,16)17/h4-6H,7H2,1-3H3,(H,19,22). The van der Waals surface area contributed by atoms with Gasteiger partial charge in [-0.3, -0.25) is 4.79 Å². The summed E-state index contributed by atoms with van der Waals surface area (Å²) in [6.45, 7) is 1.72. The molecule has 6 nitrogen and oxygen atoms in total. The number of nitrogens with zero attached hydrogens (tertiary/aromatic N) is 3. The Balaban J connectivity index is 2.30. The monoisotopic (exact) mass is 328 g/mol. The molecule has 0 atom stereocenters. The van der Waals surface area contributed by atoms with Gasteiger partial charge in [-0.05, 0) is 13.0 Å².